The summed E-state index contributed by atoms with van der Waals surface area (Å²) < 4.78 is 5.01. The average molecular weight is 329 g/mol. The van der Waals surface area contributed by atoms with E-state index in [4.69, 9.17) is 16.3 Å². The minimum Gasteiger partial charge on any atom is -0.453 e. The fourth-order valence-corrected chi connectivity index (χ4v) is 2.82. The van der Waals surface area contributed by atoms with Crippen LogP contribution in [0.4, 0.5) is 0 Å². The van der Waals surface area contributed by atoms with E-state index in [-0.39, 0.29) is 11.6 Å². The fraction of sp³-hybridized carbons (Fsp3) is 0.308. The summed E-state index contributed by atoms with van der Waals surface area (Å²) in [6.45, 7) is 0.579. The Morgan fingerprint density at radius 2 is 2.14 bits per heavy atom. The van der Waals surface area contributed by atoms with Gasteiger partial charge in [-0.05, 0) is 24.1 Å². The van der Waals surface area contributed by atoms with Gasteiger partial charge in [0.1, 0.15) is 6.61 Å². The van der Waals surface area contributed by atoms with E-state index in [1.54, 1.807) is 24.3 Å². The van der Waals surface area contributed by atoms with Gasteiger partial charge in [0, 0.05) is 17.3 Å². The number of esters is 1. The Kier molecular flexibility index (Phi) is 5.46. The Balaban J connectivity index is 2.05. The molecule has 0 amide bonds. The second-order valence-electron chi connectivity index (χ2n) is 4.27. The molecule has 1 saturated heterocycles. The number of halogens is 1. The van der Waals surface area contributed by atoms with E-state index in [0.717, 1.165) is 12.2 Å². The highest BCUT2D eigenvalue weighted by Gasteiger charge is 2.31. The molecule has 0 aromatic heterocycles. The third-order valence-corrected chi connectivity index (χ3v) is 4.10. The molecule has 1 aromatic rings. The molecule has 112 valence electrons. The van der Waals surface area contributed by atoms with E-state index in [0.29, 0.717) is 17.1 Å². The van der Waals surface area contributed by atoms with Crippen LogP contribution < -0.4 is 5.32 Å². The normalized spacial score (nSPS) is 16.8. The lowest BCUT2D eigenvalue weighted by molar-refractivity contribution is -0.422. The molecule has 0 saturated carbocycles. The van der Waals surface area contributed by atoms with Gasteiger partial charge in [-0.25, -0.2) is 4.79 Å². The maximum absolute atomic E-state index is 11.9. The summed E-state index contributed by atoms with van der Waals surface area (Å²) >= 11 is 7.01. The van der Waals surface area contributed by atoms with Gasteiger partial charge in [0.15, 0.2) is 5.03 Å². The van der Waals surface area contributed by atoms with Gasteiger partial charge >= 0.3 is 11.7 Å². The standard InChI is InChI=1S/C13H13ClN2O4S/c14-10-4-2-9(3-5-10)8-20-13(17)11(16(18)19)12-15-6-1-7-21-12/h2-5,15H,1,6-8H2/b12-11-. The zero-order valence-corrected chi connectivity index (χ0v) is 12.6. The minimum absolute atomic E-state index is 0.0364. The zero-order valence-electron chi connectivity index (χ0n) is 11.0. The molecule has 21 heavy (non-hydrogen) atoms. The average Bonchev–Trinajstić information content (AvgIpc) is 2.47. The van der Waals surface area contributed by atoms with Crippen molar-refractivity contribution in [2.45, 2.75) is 13.0 Å². The van der Waals surface area contributed by atoms with E-state index < -0.39 is 16.6 Å². The Labute approximate surface area is 130 Å². The van der Waals surface area contributed by atoms with Crippen LogP contribution in [0.5, 0.6) is 0 Å². The molecule has 2 rings (SSSR count). The van der Waals surface area contributed by atoms with Crippen molar-refractivity contribution in [1.82, 2.24) is 5.32 Å². The molecule has 0 bridgehead atoms. The highest BCUT2D eigenvalue weighted by atomic mass is 35.5. The molecule has 1 heterocycles. The Bertz CT molecular complexity index is 566. The summed E-state index contributed by atoms with van der Waals surface area (Å²) in [6, 6.07) is 6.72. The molecule has 1 aliphatic heterocycles. The van der Waals surface area contributed by atoms with Crippen LogP contribution in [0.3, 0.4) is 0 Å². The van der Waals surface area contributed by atoms with Crippen molar-refractivity contribution >= 4 is 29.3 Å². The molecule has 0 radical (unpaired) electrons. The van der Waals surface area contributed by atoms with Crippen LogP contribution in [0.15, 0.2) is 35.0 Å². The molecule has 8 heteroatoms. The molecule has 1 N–H and O–H groups in total. The summed E-state index contributed by atoms with van der Waals surface area (Å²) in [6.07, 6.45) is 0.902. The molecule has 1 aromatic carbocycles. The summed E-state index contributed by atoms with van der Waals surface area (Å²) in [5.74, 6) is -0.198. The fourth-order valence-electron chi connectivity index (χ4n) is 1.70. The van der Waals surface area contributed by atoms with Crippen molar-refractivity contribution in [3.05, 3.63) is 55.7 Å². The summed E-state index contributed by atoms with van der Waals surface area (Å²) in [7, 11) is 0. The first-order chi connectivity index (χ1) is 10.1. The van der Waals surface area contributed by atoms with E-state index in [2.05, 4.69) is 5.32 Å². The number of benzene rings is 1. The molecule has 0 unspecified atom stereocenters. The van der Waals surface area contributed by atoms with Crippen molar-refractivity contribution in [3.8, 4) is 0 Å². The molecular formula is C13H13ClN2O4S. The maximum Gasteiger partial charge on any atom is 0.413 e. The Morgan fingerprint density at radius 3 is 2.71 bits per heavy atom. The lowest BCUT2D eigenvalue weighted by Crippen LogP contribution is -2.26. The number of nitro groups is 1. The van der Waals surface area contributed by atoms with Gasteiger partial charge in [-0.1, -0.05) is 23.7 Å². The zero-order chi connectivity index (χ0) is 15.2. The maximum atomic E-state index is 11.9. The number of carbonyl (C=O) groups excluding carboxylic acids is 1. The van der Waals surface area contributed by atoms with Crippen molar-refractivity contribution < 1.29 is 14.5 Å². The number of nitrogens with one attached hydrogen (secondary N) is 1. The van der Waals surface area contributed by atoms with E-state index >= 15 is 0 Å². The number of nitrogens with zero attached hydrogens (tertiary/aromatic N) is 1. The lowest BCUT2D eigenvalue weighted by atomic mass is 10.2. The van der Waals surface area contributed by atoms with Gasteiger partial charge in [-0.3, -0.25) is 10.1 Å². The predicted molar refractivity (Wildman–Crippen MR) is 80.3 cm³/mol. The Hall–Kier alpha value is -1.73. The smallest absolute Gasteiger partial charge is 0.413 e. The summed E-state index contributed by atoms with van der Waals surface area (Å²) in [5, 5.41) is 14.8. The molecule has 1 aliphatic rings. The van der Waals surface area contributed by atoms with Crippen molar-refractivity contribution in [3.63, 3.8) is 0 Å². The quantitative estimate of drug-likeness (QED) is 0.396. The first-order valence-corrected chi connectivity index (χ1v) is 7.61. The SMILES string of the molecule is O=C(OCc1ccc(Cl)cc1)/C(=C1\NCCCS1)[N+](=O)[O-]. The van der Waals surface area contributed by atoms with Crippen LogP contribution in [-0.4, -0.2) is 23.2 Å². The number of rotatable bonds is 4. The number of ether oxygens (including phenoxy) is 1. The molecule has 1 fully saturated rings. The van der Waals surface area contributed by atoms with Crippen molar-refractivity contribution in [1.29, 1.82) is 0 Å². The largest absolute Gasteiger partial charge is 0.453 e. The van der Waals surface area contributed by atoms with Gasteiger partial charge < -0.3 is 10.1 Å². The summed E-state index contributed by atoms with van der Waals surface area (Å²) in [4.78, 5) is 22.3. The second kappa shape index (κ2) is 7.33. The topological polar surface area (TPSA) is 81.5 Å². The highest BCUT2D eigenvalue weighted by Crippen LogP contribution is 2.23. The molecular weight excluding hydrogens is 316 g/mol. The predicted octanol–water partition coefficient (Wildman–Crippen LogP) is 2.56. The van der Waals surface area contributed by atoms with Crippen molar-refractivity contribution in [2.24, 2.45) is 0 Å². The molecule has 6 nitrogen and oxygen atoms in total. The van der Waals surface area contributed by atoms with E-state index in [1.165, 1.54) is 11.8 Å². The van der Waals surface area contributed by atoms with Gasteiger partial charge in [0.05, 0.1) is 4.92 Å². The monoisotopic (exact) mass is 328 g/mol. The number of hydrogen-bond donors (Lipinski definition) is 1. The van der Waals surface area contributed by atoms with Crippen LogP contribution >= 0.6 is 23.4 Å². The number of thioether (sulfide) groups is 1. The first-order valence-electron chi connectivity index (χ1n) is 6.25. The van der Waals surface area contributed by atoms with Crippen LogP contribution in [-0.2, 0) is 16.1 Å². The number of carbonyl (C=O) groups is 1. The number of hydrogen-bond acceptors (Lipinski definition) is 6. The lowest BCUT2D eigenvalue weighted by Gasteiger charge is -2.15. The first kappa shape index (κ1) is 15.7. The summed E-state index contributed by atoms with van der Waals surface area (Å²) in [5.41, 5.74) is 0.179. The third kappa shape index (κ3) is 4.37. The van der Waals surface area contributed by atoms with Crippen LogP contribution in [0.25, 0.3) is 0 Å². The van der Waals surface area contributed by atoms with E-state index in [9.17, 15) is 14.9 Å². The van der Waals surface area contributed by atoms with Crippen LogP contribution in [0.2, 0.25) is 5.02 Å². The Morgan fingerprint density at radius 1 is 1.43 bits per heavy atom. The van der Waals surface area contributed by atoms with Crippen molar-refractivity contribution in [2.75, 3.05) is 12.3 Å². The van der Waals surface area contributed by atoms with Gasteiger partial charge in [-0.15, -0.1) is 11.8 Å². The van der Waals surface area contributed by atoms with Gasteiger partial charge in [0.25, 0.3) is 0 Å². The van der Waals surface area contributed by atoms with Crippen LogP contribution in [0.1, 0.15) is 12.0 Å². The van der Waals surface area contributed by atoms with Crippen LogP contribution in [0, 0.1) is 10.1 Å². The molecule has 0 spiro atoms. The van der Waals surface area contributed by atoms with E-state index in [1.807, 2.05) is 0 Å². The van der Waals surface area contributed by atoms with Gasteiger partial charge in [0.2, 0.25) is 0 Å². The minimum atomic E-state index is -0.938. The van der Waals surface area contributed by atoms with Gasteiger partial charge in [-0.2, -0.15) is 0 Å². The third-order valence-electron chi connectivity index (χ3n) is 2.73. The molecule has 0 atom stereocenters. The molecule has 0 aliphatic carbocycles. The second-order valence-corrected chi connectivity index (χ2v) is 5.81. The highest BCUT2D eigenvalue weighted by molar-refractivity contribution is 8.03.